The molecule has 0 unspecified atom stereocenters. The van der Waals surface area contributed by atoms with Crippen LogP contribution in [0.5, 0.6) is 0 Å². The zero-order valence-electron chi connectivity index (χ0n) is 19.1. The van der Waals surface area contributed by atoms with Crippen molar-refractivity contribution in [3.8, 4) is 0 Å². The lowest BCUT2D eigenvalue weighted by molar-refractivity contribution is -0.131. The van der Waals surface area contributed by atoms with Crippen molar-refractivity contribution in [2.45, 2.75) is 47.7 Å². The first-order valence-electron chi connectivity index (χ1n) is 10.6. The largest absolute Gasteiger partial charge is 0.357 e. The van der Waals surface area contributed by atoms with E-state index in [9.17, 15) is 4.79 Å². The first-order chi connectivity index (χ1) is 13.5. The average Bonchev–Trinajstić information content (AvgIpc) is 2.70. The smallest absolute Gasteiger partial charge is 0.242 e. The highest BCUT2D eigenvalue weighted by Gasteiger charge is 2.15. The summed E-state index contributed by atoms with van der Waals surface area (Å²) in [5, 5.41) is 3.31. The standard InChI is InChI=1S/C22H39N5O.HI/c1-7-23-22(25(6)18-21(28)27(10-4)11-5)24-16-19-14-12-13-15-20(19)17-26(8-2)9-3;/h12-15H,7-11,16-18H2,1-6H3,(H,23,24);1H. The van der Waals surface area contributed by atoms with Crippen molar-refractivity contribution < 1.29 is 4.79 Å². The number of carbonyl (C=O) groups is 1. The second-order valence-electron chi connectivity index (χ2n) is 6.82. The van der Waals surface area contributed by atoms with Crippen LogP contribution in [-0.2, 0) is 17.9 Å². The van der Waals surface area contributed by atoms with Gasteiger partial charge in [-0.25, -0.2) is 4.99 Å². The molecule has 166 valence electrons. The third-order valence-electron chi connectivity index (χ3n) is 4.99. The van der Waals surface area contributed by atoms with E-state index in [-0.39, 0.29) is 29.9 Å². The minimum atomic E-state index is 0. The maximum Gasteiger partial charge on any atom is 0.242 e. The Labute approximate surface area is 194 Å². The molecule has 29 heavy (non-hydrogen) atoms. The lowest BCUT2D eigenvalue weighted by Crippen LogP contribution is -2.45. The van der Waals surface area contributed by atoms with Crippen LogP contribution in [-0.4, -0.2) is 72.9 Å². The molecular formula is C22H40IN5O. The Morgan fingerprint density at radius 3 is 2.07 bits per heavy atom. The lowest BCUT2D eigenvalue weighted by atomic mass is 10.1. The van der Waals surface area contributed by atoms with Gasteiger partial charge in [0.2, 0.25) is 5.91 Å². The van der Waals surface area contributed by atoms with Gasteiger partial charge < -0.3 is 15.1 Å². The number of rotatable bonds is 11. The van der Waals surface area contributed by atoms with Crippen LogP contribution in [0.1, 0.15) is 45.7 Å². The zero-order valence-corrected chi connectivity index (χ0v) is 21.4. The van der Waals surface area contributed by atoms with E-state index in [0.29, 0.717) is 13.1 Å². The maximum absolute atomic E-state index is 12.4. The maximum atomic E-state index is 12.4. The van der Waals surface area contributed by atoms with E-state index in [1.807, 2.05) is 37.6 Å². The van der Waals surface area contributed by atoms with E-state index in [1.54, 1.807) is 0 Å². The zero-order chi connectivity index (χ0) is 20.9. The minimum absolute atomic E-state index is 0. The van der Waals surface area contributed by atoms with Crippen LogP contribution in [0.15, 0.2) is 29.3 Å². The van der Waals surface area contributed by atoms with Gasteiger partial charge in [-0.2, -0.15) is 0 Å². The Hall–Kier alpha value is -1.35. The number of likely N-dealkylation sites (N-methyl/N-ethyl adjacent to an activating group) is 2. The molecule has 0 aromatic heterocycles. The van der Waals surface area contributed by atoms with Gasteiger partial charge in [-0.3, -0.25) is 9.69 Å². The number of nitrogens with zero attached hydrogens (tertiary/aromatic N) is 4. The predicted molar refractivity (Wildman–Crippen MR) is 134 cm³/mol. The molecule has 6 nitrogen and oxygen atoms in total. The number of hydrogen-bond acceptors (Lipinski definition) is 3. The van der Waals surface area contributed by atoms with E-state index in [0.717, 1.165) is 45.2 Å². The van der Waals surface area contributed by atoms with Crippen LogP contribution in [0.3, 0.4) is 0 Å². The van der Waals surface area contributed by atoms with Gasteiger partial charge in [0, 0.05) is 33.2 Å². The number of halogens is 1. The SMILES string of the molecule is CCNC(=NCc1ccccc1CN(CC)CC)N(C)CC(=O)N(CC)CC.I. The van der Waals surface area contributed by atoms with Crippen molar-refractivity contribution in [3.05, 3.63) is 35.4 Å². The number of guanidine groups is 1. The van der Waals surface area contributed by atoms with Gasteiger partial charge in [-0.1, -0.05) is 38.1 Å². The third-order valence-corrected chi connectivity index (χ3v) is 4.99. The number of hydrogen-bond donors (Lipinski definition) is 1. The molecule has 0 fully saturated rings. The lowest BCUT2D eigenvalue weighted by Gasteiger charge is -2.26. The monoisotopic (exact) mass is 517 g/mol. The summed E-state index contributed by atoms with van der Waals surface area (Å²) in [5.74, 6) is 0.890. The topological polar surface area (TPSA) is 51.2 Å². The van der Waals surface area contributed by atoms with Crippen molar-refractivity contribution in [2.75, 3.05) is 46.3 Å². The van der Waals surface area contributed by atoms with Gasteiger partial charge in [0.1, 0.15) is 0 Å². The molecule has 0 atom stereocenters. The number of nitrogens with one attached hydrogen (secondary N) is 1. The molecule has 0 saturated carbocycles. The van der Waals surface area contributed by atoms with Crippen molar-refractivity contribution in [1.29, 1.82) is 0 Å². The highest BCUT2D eigenvalue weighted by atomic mass is 127. The first-order valence-corrected chi connectivity index (χ1v) is 10.6. The van der Waals surface area contributed by atoms with Gasteiger partial charge in [-0.15, -0.1) is 24.0 Å². The third kappa shape index (κ3) is 9.33. The fraction of sp³-hybridized carbons (Fsp3) is 0.636. The van der Waals surface area contributed by atoms with Gasteiger partial charge in [0.05, 0.1) is 13.1 Å². The highest BCUT2D eigenvalue weighted by molar-refractivity contribution is 14.0. The molecule has 1 amide bonds. The molecule has 0 bridgehead atoms. The highest BCUT2D eigenvalue weighted by Crippen LogP contribution is 2.13. The van der Waals surface area contributed by atoms with Gasteiger partial charge >= 0.3 is 0 Å². The quantitative estimate of drug-likeness (QED) is 0.278. The summed E-state index contributed by atoms with van der Waals surface area (Å²) in [7, 11) is 1.92. The van der Waals surface area contributed by atoms with Crippen molar-refractivity contribution in [1.82, 2.24) is 20.0 Å². The second-order valence-corrected chi connectivity index (χ2v) is 6.82. The minimum Gasteiger partial charge on any atom is -0.357 e. The fourth-order valence-electron chi connectivity index (χ4n) is 3.14. The molecule has 0 spiro atoms. The Balaban J connectivity index is 0.00000784. The summed E-state index contributed by atoms with van der Waals surface area (Å²) in [4.78, 5) is 23.4. The second kappa shape index (κ2) is 15.5. The van der Waals surface area contributed by atoms with E-state index in [2.05, 4.69) is 48.3 Å². The predicted octanol–water partition coefficient (Wildman–Crippen LogP) is 3.41. The number of aliphatic imine (C=N–C) groups is 1. The number of carbonyl (C=O) groups excluding carboxylic acids is 1. The van der Waals surface area contributed by atoms with Crippen molar-refractivity contribution in [2.24, 2.45) is 4.99 Å². The summed E-state index contributed by atoms with van der Waals surface area (Å²) in [6, 6.07) is 8.49. The molecule has 0 aliphatic heterocycles. The van der Waals surface area contributed by atoms with Gasteiger partial charge in [0.25, 0.3) is 0 Å². The molecular weight excluding hydrogens is 477 g/mol. The summed E-state index contributed by atoms with van der Waals surface area (Å²) < 4.78 is 0. The molecule has 1 aromatic rings. The first kappa shape index (κ1) is 27.6. The van der Waals surface area contributed by atoms with Gasteiger partial charge in [0.15, 0.2) is 5.96 Å². The summed E-state index contributed by atoms with van der Waals surface area (Å²) in [6.07, 6.45) is 0. The van der Waals surface area contributed by atoms with Crippen LogP contribution >= 0.6 is 24.0 Å². The fourth-order valence-corrected chi connectivity index (χ4v) is 3.14. The normalized spacial score (nSPS) is 11.2. The van der Waals surface area contributed by atoms with Crippen LogP contribution < -0.4 is 5.32 Å². The van der Waals surface area contributed by atoms with Crippen LogP contribution in [0.2, 0.25) is 0 Å². The molecule has 1 rings (SSSR count). The van der Waals surface area contributed by atoms with Crippen LogP contribution in [0.25, 0.3) is 0 Å². The Morgan fingerprint density at radius 1 is 0.966 bits per heavy atom. The van der Waals surface area contributed by atoms with Crippen LogP contribution in [0.4, 0.5) is 0 Å². The summed E-state index contributed by atoms with van der Waals surface area (Å²) >= 11 is 0. The molecule has 0 aliphatic carbocycles. The Bertz CT molecular complexity index is 615. The van der Waals surface area contributed by atoms with E-state index >= 15 is 0 Å². The molecule has 0 aliphatic rings. The van der Waals surface area contributed by atoms with Gasteiger partial charge in [-0.05, 0) is 45.0 Å². The molecule has 7 heteroatoms. The number of amides is 1. The average molecular weight is 518 g/mol. The molecule has 0 heterocycles. The Morgan fingerprint density at radius 2 is 1.55 bits per heavy atom. The molecule has 0 radical (unpaired) electrons. The van der Waals surface area contributed by atoms with Crippen molar-refractivity contribution >= 4 is 35.8 Å². The van der Waals surface area contributed by atoms with E-state index in [4.69, 9.17) is 4.99 Å². The van der Waals surface area contributed by atoms with E-state index < -0.39 is 0 Å². The van der Waals surface area contributed by atoms with Crippen molar-refractivity contribution in [3.63, 3.8) is 0 Å². The molecule has 1 N–H and O–H groups in total. The number of benzene rings is 1. The Kier molecular flexibility index (Phi) is 14.8. The molecule has 1 aromatic carbocycles. The summed E-state index contributed by atoms with van der Waals surface area (Å²) in [6.45, 7) is 16.6. The summed E-state index contributed by atoms with van der Waals surface area (Å²) in [5.41, 5.74) is 2.54. The van der Waals surface area contributed by atoms with E-state index in [1.165, 1.54) is 11.1 Å². The van der Waals surface area contributed by atoms with Crippen LogP contribution in [0, 0.1) is 0 Å². The molecule has 0 saturated heterocycles.